The molecular weight excluding hydrogens is 342 g/mol. The monoisotopic (exact) mass is 365 g/mol. The molecule has 1 heterocycles. The van der Waals surface area contributed by atoms with Crippen LogP contribution in [0.5, 0.6) is 0 Å². The van der Waals surface area contributed by atoms with Crippen LogP contribution in [-0.2, 0) is 16.0 Å². The van der Waals surface area contributed by atoms with Gasteiger partial charge in [-0.1, -0.05) is 36.4 Å². The number of likely N-dealkylation sites (tertiary alicyclic amines) is 1. The van der Waals surface area contributed by atoms with Gasteiger partial charge in [0.1, 0.15) is 6.04 Å². The minimum Gasteiger partial charge on any atom is -0.366 e. The van der Waals surface area contributed by atoms with Gasteiger partial charge in [-0.15, -0.1) is 0 Å². The van der Waals surface area contributed by atoms with Crippen molar-refractivity contribution in [3.63, 3.8) is 0 Å². The Morgan fingerprint density at radius 1 is 1.15 bits per heavy atom. The molecule has 0 aliphatic carbocycles. The predicted molar refractivity (Wildman–Crippen MR) is 103 cm³/mol. The van der Waals surface area contributed by atoms with E-state index < -0.39 is 11.9 Å². The zero-order valence-corrected chi connectivity index (χ0v) is 15.3. The van der Waals surface area contributed by atoms with E-state index in [0.717, 1.165) is 17.5 Å². The van der Waals surface area contributed by atoms with Gasteiger partial charge < -0.3 is 16.0 Å². The van der Waals surface area contributed by atoms with E-state index in [2.05, 4.69) is 5.32 Å². The number of carbonyl (C=O) groups is 3. The number of carbonyl (C=O) groups excluding carboxylic acids is 3. The third kappa shape index (κ3) is 4.34. The summed E-state index contributed by atoms with van der Waals surface area (Å²) in [5.74, 6) is -0.842. The number of primary amides is 1. The summed E-state index contributed by atoms with van der Waals surface area (Å²) in [4.78, 5) is 38.5. The van der Waals surface area contributed by atoms with Crippen LogP contribution in [0.25, 0.3) is 0 Å². The number of hydrogen-bond acceptors (Lipinski definition) is 3. The van der Waals surface area contributed by atoms with Crippen LogP contribution in [0.15, 0.2) is 48.5 Å². The molecule has 1 unspecified atom stereocenters. The van der Waals surface area contributed by atoms with E-state index in [1.54, 1.807) is 23.1 Å². The van der Waals surface area contributed by atoms with Crippen LogP contribution in [-0.4, -0.2) is 35.2 Å². The van der Waals surface area contributed by atoms with Crippen molar-refractivity contribution in [3.8, 4) is 0 Å². The second kappa shape index (κ2) is 8.03. The number of rotatable bonds is 5. The Balaban J connectivity index is 1.71. The Hall–Kier alpha value is -3.15. The van der Waals surface area contributed by atoms with Crippen LogP contribution < -0.4 is 11.1 Å². The van der Waals surface area contributed by atoms with Gasteiger partial charge in [-0.3, -0.25) is 14.4 Å². The summed E-state index contributed by atoms with van der Waals surface area (Å²) < 4.78 is 0. The first-order chi connectivity index (χ1) is 13.0. The highest BCUT2D eigenvalue weighted by Crippen LogP contribution is 2.22. The van der Waals surface area contributed by atoms with Gasteiger partial charge in [0.05, 0.1) is 6.42 Å². The Morgan fingerprint density at radius 3 is 2.59 bits per heavy atom. The highest BCUT2D eigenvalue weighted by Gasteiger charge is 2.34. The van der Waals surface area contributed by atoms with Gasteiger partial charge in [-0.25, -0.2) is 0 Å². The van der Waals surface area contributed by atoms with Crippen LogP contribution in [0.4, 0.5) is 5.69 Å². The molecule has 1 atom stereocenters. The van der Waals surface area contributed by atoms with Crippen LogP contribution in [0.3, 0.4) is 0 Å². The SMILES string of the molecule is Cc1ccc(C(N)=O)cc1NC(=O)C1CCCN1C(=O)Cc1ccccc1. The molecular formula is C21H23N3O3. The van der Waals surface area contributed by atoms with Crippen molar-refractivity contribution in [2.75, 3.05) is 11.9 Å². The molecule has 6 heteroatoms. The quantitative estimate of drug-likeness (QED) is 0.851. The molecule has 0 bridgehead atoms. The van der Waals surface area contributed by atoms with Crippen molar-refractivity contribution < 1.29 is 14.4 Å². The second-order valence-corrected chi connectivity index (χ2v) is 6.79. The Bertz CT molecular complexity index is 864. The number of anilines is 1. The minimum atomic E-state index is -0.550. The fourth-order valence-electron chi connectivity index (χ4n) is 3.34. The van der Waals surface area contributed by atoms with Gasteiger partial charge in [0, 0.05) is 17.8 Å². The number of nitrogens with one attached hydrogen (secondary N) is 1. The normalized spacial score (nSPS) is 16.2. The zero-order chi connectivity index (χ0) is 19.4. The fourth-order valence-corrected chi connectivity index (χ4v) is 3.34. The van der Waals surface area contributed by atoms with Gasteiger partial charge in [0.2, 0.25) is 17.7 Å². The van der Waals surface area contributed by atoms with Gasteiger partial charge >= 0.3 is 0 Å². The second-order valence-electron chi connectivity index (χ2n) is 6.79. The number of nitrogens with two attached hydrogens (primary N) is 1. The topological polar surface area (TPSA) is 92.5 Å². The van der Waals surface area contributed by atoms with Gasteiger partial charge in [0.15, 0.2) is 0 Å². The summed E-state index contributed by atoms with van der Waals surface area (Å²) in [7, 11) is 0. The van der Waals surface area contributed by atoms with E-state index in [1.807, 2.05) is 37.3 Å². The number of aryl methyl sites for hydroxylation is 1. The highest BCUT2D eigenvalue weighted by atomic mass is 16.2. The van der Waals surface area contributed by atoms with Crippen molar-refractivity contribution in [2.24, 2.45) is 5.73 Å². The molecule has 0 aromatic heterocycles. The maximum atomic E-state index is 12.8. The predicted octanol–water partition coefficient (Wildman–Crippen LogP) is 2.27. The molecule has 0 radical (unpaired) electrons. The molecule has 6 nitrogen and oxygen atoms in total. The van der Waals surface area contributed by atoms with Crippen molar-refractivity contribution in [3.05, 3.63) is 65.2 Å². The number of benzene rings is 2. The average molecular weight is 365 g/mol. The van der Waals surface area contributed by atoms with E-state index in [1.165, 1.54) is 0 Å². The lowest BCUT2D eigenvalue weighted by Gasteiger charge is -2.24. The first kappa shape index (κ1) is 18.6. The maximum Gasteiger partial charge on any atom is 0.248 e. The summed E-state index contributed by atoms with van der Waals surface area (Å²) in [6.45, 7) is 2.41. The minimum absolute atomic E-state index is 0.0542. The standard InChI is InChI=1S/C21H23N3O3/c1-14-9-10-16(20(22)26)13-17(14)23-21(27)18-8-5-11-24(18)19(25)12-15-6-3-2-4-7-15/h2-4,6-7,9-10,13,18H,5,8,11-12H2,1H3,(H2,22,26)(H,23,27). The highest BCUT2D eigenvalue weighted by molar-refractivity contribution is 6.00. The Kier molecular flexibility index (Phi) is 5.54. The summed E-state index contributed by atoms with van der Waals surface area (Å²) in [6.07, 6.45) is 1.70. The molecule has 1 saturated heterocycles. The molecule has 0 spiro atoms. The summed E-state index contributed by atoms with van der Waals surface area (Å²) in [6, 6.07) is 13.9. The lowest BCUT2D eigenvalue weighted by molar-refractivity contribution is -0.136. The zero-order valence-electron chi connectivity index (χ0n) is 15.3. The Labute approximate surface area is 158 Å². The van der Waals surface area contributed by atoms with E-state index in [9.17, 15) is 14.4 Å². The molecule has 3 rings (SSSR count). The molecule has 27 heavy (non-hydrogen) atoms. The van der Waals surface area contributed by atoms with Crippen molar-refractivity contribution in [2.45, 2.75) is 32.2 Å². The van der Waals surface area contributed by atoms with Crippen LogP contribution in [0.1, 0.15) is 34.3 Å². The summed E-state index contributed by atoms with van der Waals surface area (Å²) >= 11 is 0. The van der Waals surface area contributed by atoms with Crippen LogP contribution in [0, 0.1) is 6.92 Å². The smallest absolute Gasteiger partial charge is 0.248 e. The summed E-state index contributed by atoms with van der Waals surface area (Å²) in [5.41, 5.74) is 7.95. The van der Waals surface area contributed by atoms with Crippen molar-refractivity contribution >= 4 is 23.4 Å². The molecule has 0 saturated carbocycles. The molecule has 1 aliphatic rings. The molecule has 3 N–H and O–H groups in total. The lowest BCUT2D eigenvalue weighted by atomic mass is 10.1. The van der Waals surface area contributed by atoms with E-state index >= 15 is 0 Å². The maximum absolute atomic E-state index is 12.8. The van der Waals surface area contributed by atoms with Crippen LogP contribution >= 0.6 is 0 Å². The van der Waals surface area contributed by atoms with Crippen LogP contribution in [0.2, 0.25) is 0 Å². The lowest BCUT2D eigenvalue weighted by Crippen LogP contribution is -2.43. The third-order valence-corrected chi connectivity index (χ3v) is 4.85. The molecule has 2 aromatic carbocycles. The number of nitrogens with zero attached hydrogens (tertiary/aromatic N) is 1. The van der Waals surface area contributed by atoms with Crippen molar-refractivity contribution in [1.29, 1.82) is 0 Å². The van der Waals surface area contributed by atoms with E-state index in [0.29, 0.717) is 24.2 Å². The Morgan fingerprint density at radius 2 is 1.89 bits per heavy atom. The first-order valence-electron chi connectivity index (χ1n) is 9.00. The van der Waals surface area contributed by atoms with Crippen molar-refractivity contribution in [1.82, 2.24) is 4.90 Å². The van der Waals surface area contributed by atoms with Gasteiger partial charge in [-0.2, -0.15) is 0 Å². The molecule has 1 fully saturated rings. The molecule has 2 aromatic rings. The molecule has 1 aliphatic heterocycles. The van der Waals surface area contributed by atoms with Gasteiger partial charge in [0.25, 0.3) is 0 Å². The average Bonchev–Trinajstić information content (AvgIpc) is 3.14. The summed E-state index contributed by atoms with van der Waals surface area (Å²) in [5, 5.41) is 2.86. The van der Waals surface area contributed by atoms with E-state index in [4.69, 9.17) is 5.73 Å². The molecule has 3 amide bonds. The van der Waals surface area contributed by atoms with E-state index in [-0.39, 0.29) is 18.2 Å². The largest absolute Gasteiger partial charge is 0.366 e. The third-order valence-electron chi connectivity index (χ3n) is 4.85. The number of hydrogen-bond donors (Lipinski definition) is 2. The first-order valence-corrected chi connectivity index (χ1v) is 9.00. The van der Waals surface area contributed by atoms with Gasteiger partial charge in [-0.05, 0) is 43.0 Å². The fraction of sp³-hybridized carbons (Fsp3) is 0.286. The molecule has 140 valence electrons. The number of amides is 3.